The Kier molecular flexibility index (Phi) is 8.60. The first-order valence-electron chi connectivity index (χ1n) is 10.2. The van der Waals surface area contributed by atoms with E-state index in [0.717, 1.165) is 76.2 Å². The van der Waals surface area contributed by atoms with E-state index in [-0.39, 0.29) is 24.0 Å². The maximum Gasteiger partial charge on any atom is 0.191 e. The van der Waals surface area contributed by atoms with Gasteiger partial charge in [0.2, 0.25) is 0 Å². The van der Waals surface area contributed by atoms with Gasteiger partial charge in [0.25, 0.3) is 0 Å². The first-order valence-corrected chi connectivity index (χ1v) is 10.2. The van der Waals surface area contributed by atoms with Crippen LogP contribution in [0.4, 0.5) is 5.82 Å². The highest BCUT2D eigenvalue weighted by Gasteiger charge is 2.24. The second kappa shape index (κ2) is 11.4. The van der Waals surface area contributed by atoms with E-state index in [1.54, 1.807) is 6.26 Å². The van der Waals surface area contributed by atoms with Crippen molar-refractivity contribution in [3.05, 3.63) is 48.6 Å². The first kappa shape index (κ1) is 21.9. The highest BCUT2D eigenvalue weighted by atomic mass is 127. The third-order valence-electron chi connectivity index (χ3n) is 5.28. The Hall–Kier alpha value is -1.81. The number of nitrogens with one attached hydrogen (secondary N) is 2. The van der Waals surface area contributed by atoms with Crippen molar-refractivity contribution in [3.8, 4) is 0 Å². The summed E-state index contributed by atoms with van der Waals surface area (Å²) in [7, 11) is 0. The summed E-state index contributed by atoms with van der Waals surface area (Å²) >= 11 is 0. The number of nitrogens with zero attached hydrogens (tertiary/aromatic N) is 3. The Morgan fingerprint density at radius 3 is 2.97 bits per heavy atom. The second-order valence-electron chi connectivity index (χ2n) is 7.44. The summed E-state index contributed by atoms with van der Waals surface area (Å²) in [6, 6.07) is 10.3. The van der Waals surface area contributed by atoms with Crippen LogP contribution in [-0.2, 0) is 11.2 Å². The van der Waals surface area contributed by atoms with Crippen molar-refractivity contribution in [1.29, 1.82) is 0 Å². The zero-order valence-corrected chi connectivity index (χ0v) is 19.0. The third kappa shape index (κ3) is 6.60. The normalized spacial score (nSPS) is 21.8. The van der Waals surface area contributed by atoms with Gasteiger partial charge in [-0.3, -0.25) is 4.99 Å². The van der Waals surface area contributed by atoms with Gasteiger partial charge in [-0.05, 0) is 37.1 Å². The Morgan fingerprint density at radius 2 is 2.21 bits per heavy atom. The fourth-order valence-electron chi connectivity index (χ4n) is 3.68. The largest absolute Gasteiger partial charge is 0.469 e. The topological polar surface area (TPSA) is 74.9 Å². The Bertz CT molecular complexity index is 735. The molecular formula is C21H30IN5O2. The average molecular weight is 511 g/mol. The van der Waals surface area contributed by atoms with E-state index in [9.17, 15) is 0 Å². The predicted octanol–water partition coefficient (Wildman–Crippen LogP) is 2.69. The molecule has 0 amide bonds. The third-order valence-corrected chi connectivity index (χ3v) is 5.28. The van der Waals surface area contributed by atoms with Gasteiger partial charge in [-0.25, -0.2) is 4.98 Å². The van der Waals surface area contributed by atoms with Gasteiger partial charge in [-0.1, -0.05) is 6.07 Å². The molecule has 0 spiro atoms. The average Bonchev–Trinajstić information content (AvgIpc) is 3.49. The van der Waals surface area contributed by atoms with E-state index in [0.29, 0.717) is 12.0 Å². The van der Waals surface area contributed by atoms with Gasteiger partial charge in [0, 0.05) is 57.4 Å². The lowest BCUT2D eigenvalue weighted by Gasteiger charge is -2.20. The van der Waals surface area contributed by atoms with Crippen molar-refractivity contribution in [2.24, 2.45) is 10.9 Å². The molecule has 2 aliphatic rings. The van der Waals surface area contributed by atoms with Crippen molar-refractivity contribution >= 4 is 35.8 Å². The lowest BCUT2D eigenvalue weighted by Crippen LogP contribution is -2.45. The summed E-state index contributed by atoms with van der Waals surface area (Å²) in [6.07, 6.45) is 6.57. The Labute approximate surface area is 189 Å². The summed E-state index contributed by atoms with van der Waals surface area (Å²) < 4.78 is 10.9. The molecule has 0 radical (unpaired) electrons. The number of hydrogen-bond acceptors (Lipinski definition) is 5. The monoisotopic (exact) mass is 511 g/mol. The van der Waals surface area contributed by atoms with Crippen molar-refractivity contribution in [2.45, 2.75) is 25.3 Å². The number of rotatable bonds is 7. The van der Waals surface area contributed by atoms with Gasteiger partial charge < -0.3 is 24.7 Å². The summed E-state index contributed by atoms with van der Waals surface area (Å²) in [6.45, 7) is 5.20. The van der Waals surface area contributed by atoms with Crippen LogP contribution >= 0.6 is 24.0 Å². The number of furan rings is 1. The number of hydrogen-bond donors (Lipinski definition) is 2. The molecule has 8 heteroatoms. The number of pyridine rings is 1. The van der Waals surface area contributed by atoms with Crippen LogP contribution in [0.1, 0.15) is 18.6 Å². The van der Waals surface area contributed by atoms with E-state index in [1.807, 2.05) is 30.5 Å². The fourth-order valence-corrected chi connectivity index (χ4v) is 3.68. The molecule has 0 saturated carbocycles. The van der Waals surface area contributed by atoms with Crippen molar-refractivity contribution < 1.29 is 9.15 Å². The number of anilines is 1. The van der Waals surface area contributed by atoms with Gasteiger partial charge >= 0.3 is 0 Å². The highest BCUT2D eigenvalue weighted by molar-refractivity contribution is 14.0. The predicted molar refractivity (Wildman–Crippen MR) is 125 cm³/mol. The molecule has 2 saturated heterocycles. The molecule has 2 aliphatic heterocycles. The van der Waals surface area contributed by atoms with Crippen LogP contribution in [0.15, 0.2) is 52.2 Å². The van der Waals surface area contributed by atoms with E-state index in [1.165, 1.54) is 0 Å². The summed E-state index contributed by atoms with van der Waals surface area (Å²) in [4.78, 5) is 11.6. The molecule has 2 aromatic heterocycles. The van der Waals surface area contributed by atoms with Crippen molar-refractivity contribution in [1.82, 2.24) is 15.6 Å². The molecule has 29 heavy (non-hydrogen) atoms. The molecule has 4 rings (SSSR count). The standard InChI is InChI=1S/C21H29N5O2.HI/c1-2-9-22-20(5-1)26-11-7-18(15-26)25-21(24-14-17-8-13-27-16-17)23-10-6-19-4-3-12-28-19;/h1-5,9,12,17-18H,6-8,10-11,13-16H2,(H2,23,24,25);1H. The quantitative estimate of drug-likeness (QED) is 0.339. The van der Waals surface area contributed by atoms with E-state index < -0.39 is 0 Å². The minimum absolute atomic E-state index is 0. The molecule has 2 atom stereocenters. The highest BCUT2D eigenvalue weighted by Crippen LogP contribution is 2.17. The first-order chi connectivity index (χ1) is 13.9. The summed E-state index contributed by atoms with van der Waals surface area (Å²) in [5, 5.41) is 7.09. The summed E-state index contributed by atoms with van der Waals surface area (Å²) in [5.41, 5.74) is 0. The molecule has 158 valence electrons. The number of halogens is 1. The number of aromatic nitrogens is 1. The van der Waals surface area contributed by atoms with Gasteiger partial charge in [-0.15, -0.1) is 24.0 Å². The molecule has 0 bridgehead atoms. The molecular weight excluding hydrogens is 481 g/mol. The molecule has 2 aromatic rings. The maximum absolute atomic E-state index is 5.48. The Balaban J connectivity index is 0.00000240. The number of ether oxygens (including phenoxy) is 1. The van der Waals surface area contributed by atoms with Crippen molar-refractivity contribution in [2.75, 3.05) is 44.3 Å². The smallest absolute Gasteiger partial charge is 0.191 e. The SMILES string of the molecule is I.c1ccc(N2CCC(NC(=NCC3CCOC3)NCCc3ccco3)C2)nc1. The van der Waals surface area contributed by atoms with Crippen molar-refractivity contribution in [3.63, 3.8) is 0 Å². The zero-order valence-electron chi connectivity index (χ0n) is 16.6. The zero-order chi connectivity index (χ0) is 19.0. The van der Waals surface area contributed by atoms with Gasteiger partial charge in [0.15, 0.2) is 5.96 Å². The second-order valence-corrected chi connectivity index (χ2v) is 7.44. The van der Waals surface area contributed by atoms with E-state index in [2.05, 4.69) is 26.6 Å². The van der Waals surface area contributed by atoms with Crippen LogP contribution in [0.3, 0.4) is 0 Å². The van der Waals surface area contributed by atoms with Crippen LogP contribution in [0.2, 0.25) is 0 Å². The molecule has 4 heterocycles. The van der Waals surface area contributed by atoms with Gasteiger partial charge in [0.1, 0.15) is 11.6 Å². The van der Waals surface area contributed by atoms with Crippen LogP contribution < -0.4 is 15.5 Å². The Morgan fingerprint density at radius 1 is 1.24 bits per heavy atom. The molecule has 7 nitrogen and oxygen atoms in total. The fraction of sp³-hybridized carbons (Fsp3) is 0.524. The number of guanidine groups is 1. The number of aliphatic imine (C=N–C) groups is 1. The van der Waals surface area contributed by atoms with Crippen LogP contribution in [0, 0.1) is 5.92 Å². The molecule has 0 aromatic carbocycles. The minimum atomic E-state index is 0. The molecule has 0 aliphatic carbocycles. The van der Waals surface area contributed by atoms with Gasteiger partial charge in [-0.2, -0.15) is 0 Å². The van der Waals surface area contributed by atoms with E-state index >= 15 is 0 Å². The summed E-state index contributed by atoms with van der Waals surface area (Å²) in [5.74, 6) is 3.43. The van der Waals surface area contributed by atoms with Crippen LogP contribution in [0.25, 0.3) is 0 Å². The van der Waals surface area contributed by atoms with Crippen LogP contribution in [0.5, 0.6) is 0 Å². The maximum atomic E-state index is 5.48. The van der Waals surface area contributed by atoms with Crippen LogP contribution in [-0.4, -0.2) is 56.4 Å². The lowest BCUT2D eigenvalue weighted by molar-refractivity contribution is 0.187. The minimum Gasteiger partial charge on any atom is -0.469 e. The van der Waals surface area contributed by atoms with E-state index in [4.69, 9.17) is 14.1 Å². The molecule has 2 N–H and O–H groups in total. The van der Waals surface area contributed by atoms with Gasteiger partial charge in [0.05, 0.1) is 12.9 Å². The lowest BCUT2D eigenvalue weighted by atomic mass is 10.1. The molecule has 2 unspecified atom stereocenters. The molecule has 2 fully saturated rings.